The molecule has 0 spiro atoms. The average molecular weight is 403 g/mol. The quantitative estimate of drug-likeness (QED) is 0.644. The lowest BCUT2D eigenvalue weighted by Crippen LogP contribution is -2.27. The molecule has 0 aliphatic rings. The minimum atomic E-state index is -4.47. The summed E-state index contributed by atoms with van der Waals surface area (Å²) in [6.45, 7) is 4.08. The van der Waals surface area contributed by atoms with Gasteiger partial charge in [-0.3, -0.25) is 9.78 Å². The summed E-state index contributed by atoms with van der Waals surface area (Å²) in [7, 11) is 1.66. The van der Waals surface area contributed by atoms with E-state index in [1.807, 2.05) is 26.0 Å². The lowest BCUT2D eigenvalue weighted by Gasteiger charge is -2.18. The maximum atomic E-state index is 13.0. The number of amides is 1. The number of pyridine rings is 2. The lowest BCUT2D eigenvalue weighted by molar-refractivity contribution is -0.137. The Morgan fingerprint density at radius 3 is 2.45 bits per heavy atom. The standard InChI is InChI=1S/C20H20F3N5O/c1-13(2)18-16(19(29)27(3)12-15-6-4-5-9-24-15)11-26-28(18)17-8-7-14(10-25-17)20(21,22)23/h4-11,13H,12H2,1-3H3. The molecule has 0 fully saturated rings. The highest BCUT2D eigenvalue weighted by molar-refractivity contribution is 5.95. The van der Waals surface area contributed by atoms with Gasteiger partial charge in [-0.25, -0.2) is 9.67 Å². The highest BCUT2D eigenvalue weighted by Gasteiger charge is 2.31. The predicted octanol–water partition coefficient (Wildman–Crippen LogP) is 4.08. The van der Waals surface area contributed by atoms with Crippen molar-refractivity contribution in [3.8, 4) is 5.82 Å². The van der Waals surface area contributed by atoms with Gasteiger partial charge in [0.25, 0.3) is 5.91 Å². The summed E-state index contributed by atoms with van der Waals surface area (Å²) in [5, 5.41) is 4.22. The van der Waals surface area contributed by atoms with Crippen molar-refractivity contribution in [3.05, 3.63) is 71.4 Å². The lowest BCUT2D eigenvalue weighted by atomic mass is 10.0. The summed E-state index contributed by atoms with van der Waals surface area (Å²) in [6.07, 6.45) is -0.630. The third-order valence-electron chi connectivity index (χ3n) is 4.35. The van der Waals surface area contributed by atoms with E-state index in [0.29, 0.717) is 17.8 Å². The van der Waals surface area contributed by atoms with Crippen molar-refractivity contribution in [2.24, 2.45) is 0 Å². The molecule has 0 saturated heterocycles. The highest BCUT2D eigenvalue weighted by Crippen LogP contribution is 2.29. The summed E-state index contributed by atoms with van der Waals surface area (Å²) < 4.78 is 39.8. The molecule has 152 valence electrons. The molecular formula is C20H20F3N5O. The van der Waals surface area contributed by atoms with E-state index in [-0.39, 0.29) is 17.6 Å². The van der Waals surface area contributed by atoms with Gasteiger partial charge in [0.2, 0.25) is 0 Å². The van der Waals surface area contributed by atoms with Crippen LogP contribution in [0, 0.1) is 0 Å². The summed E-state index contributed by atoms with van der Waals surface area (Å²) in [4.78, 5) is 22.6. The molecule has 0 aliphatic carbocycles. The Kier molecular flexibility index (Phi) is 5.67. The van der Waals surface area contributed by atoms with E-state index in [2.05, 4.69) is 15.1 Å². The minimum Gasteiger partial charge on any atom is -0.336 e. The van der Waals surface area contributed by atoms with Crippen molar-refractivity contribution in [1.29, 1.82) is 0 Å². The number of carbonyl (C=O) groups is 1. The van der Waals surface area contributed by atoms with Gasteiger partial charge in [0.1, 0.15) is 0 Å². The molecule has 0 radical (unpaired) electrons. The van der Waals surface area contributed by atoms with Crippen molar-refractivity contribution in [1.82, 2.24) is 24.6 Å². The van der Waals surface area contributed by atoms with Gasteiger partial charge in [-0.1, -0.05) is 19.9 Å². The SMILES string of the molecule is CC(C)c1c(C(=O)N(C)Cc2ccccn2)cnn1-c1ccc(C(F)(F)F)cn1. The monoisotopic (exact) mass is 403 g/mol. The Morgan fingerprint density at radius 2 is 1.90 bits per heavy atom. The molecule has 0 aromatic carbocycles. The zero-order valence-corrected chi connectivity index (χ0v) is 16.2. The minimum absolute atomic E-state index is 0.108. The van der Waals surface area contributed by atoms with Gasteiger partial charge in [-0.15, -0.1) is 0 Å². The van der Waals surface area contributed by atoms with Gasteiger partial charge in [-0.2, -0.15) is 18.3 Å². The molecule has 3 heterocycles. The Labute approximate surface area is 166 Å². The summed E-state index contributed by atoms with van der Waals surface area (Å²) >= 11 is 0. The molecule has 0 aliphatic heterocycles. The van der Waals surface area contributed by atoms with Crippen LogP contribution in [0.15, 0.2) is 48.9 Å². The number of hydrogen-bond donors (Lipinski definition) is 0. The number of nitrogens with zero attached hydrogens (tertiary/aromatic N) is 5. The van der Waals surface area contributed by atoms with Crippen LogP contribution in [0.4, 0.5) is 13.2 Å². The fourth-order valence-corrected chi connectivity index (χ4v) is 2.95. The molecule has 29 heavy (non-hydrogen) atoms. The maximum Gasteiger partial charge on any atom is 0.417 e. The van der Waals surface area contributed by atoms with Gasteiger partial charge in [0.15, 0.2) is 5.82 Å². The van der Waals surface area contributed by atoms with Gasteiger partial charge >= 0.3 is 6.18 Å². The smallest absolute Gasteiger partial charge is 0.336 e. The Morgan fingerprint density at radius 1 is 1.14 bits per heavy atom. The number of hydrogen-bond acceptors (Lipinski definition) is 4. The molecule has 3 aromatic rings. The van der Waals surface area contributed by atoms with Crippen molar-refractivity contribution in [2.75, 3.05) is 7.05 Å². The number of alkyl halides is 3. The number of carbonyl (C=O) groups excluding carboxylic acids is 1. The molecule has 0 bridgehead atoms. The fourth-order valence-electron chi connectivity index (χ4n) is 2.95. The fraction of sp³-hybridized carbons (Fsp3) is 0.300. The third kappa shape index (κ3) is 4.44. The Hall–Kier alpha value is -3.23. The third-order valence-corrected chi connectivity index (χ3v) is 4.35. The van der Waals surface area contributed by atoms with Crippen LogP contribution >= 0.6 is 0 Å². The zero-order chi connectivity index (χ0) is 21.2. The largest absolute Gasteiger partial charge is 0.417 e. The highest BCUT2D eigenvalue weighted by atomic mass is 19.4. The van der Waals surface area contributed by atoms with Crippen LogP contribution in [-0.2, 0) is 12.7 Å². The Bertz CT molecular complexity index is 982. The van der Waals surface area contributed by atoms with Crippen LogP contribution < -0.4 is 0 Å². The van der Waals surface area contributed by atoms with Gasteiger partial charge in [-0.05, 0) is 30.2 Å². The first-order valence-corrected chi connectivity index (χ1v) is 8.95. The summed E-state index contributed by atoms with van der Waals surface area (Å²) in [5.74, 6) is -0.144. The van der Waals surface area contributed by atoms with E-state index in [1.165, 1.54) is 21.8 Å². The normalized spacial score (nSPS) is 11.7. The van der Waals surface area contributed by atoms with E-state index in [4.69, 9.17) is 0 Å². The van der Waals surface area contributed by atoms with Crippen LogP contribution in [-0.4, -0.2) is 37.6 Å². The van der Waals surface area contributed by atoms with Crippen molar-refractivity contribution < 1.29 is 18.0 Å². The van der Waals surface area contributed by atoms with Crippen molar-refractivity contribution >= 4 is 5.91 Å². The second-order valence-corrected chi connectivity index (χ2v) is 6.90. The average Bonchev–Trinajstić information content (AvgIpc) is 3.13. The first kappa shape index (κ1) is 20.5. The maximum absolute atomic E-state index is 13.0. The topological polar surface area (TPSA) is 63.9 Å². The zero-order valence-electron chi connectivity index (χ0n) is 16.2. The molecule has 0 atom stereocenters. The molecule has 3 aromatic heterocycles. The molecule has 9 heteroatoms. The van der Waals surface area contributed by atoms with E-state index in [1.54, 1.807) is 19.3 Å². The van der Waals surface area contributed by atoms with Crippen LogP contribution in [0.2, 0.25) is 0 Å². The second kappa shape index (κ2) is 8.02. The number of rotatable bonds is 5. The van der Waals surface area contributed by atoms with E-state index in [0.717, 1.165) is 18.0 Å². The molecular weight excluding hydrogens is 383 g/mol. The summed E-state index contributed by atoms with van der Waals surface area (Å²) in [5.41, 5.74) is 0.854. The predicted molar refractivity (Wildman–Crippen MR) is 100 cm³/mol. The molecule has 0 N–H and O–H groups in total. The van der Waals surface area contributed by atoms with Gasteiger partial charge < -0.3 is 4.90 Å². The first-order chi connectivity index (χ1) is 13.7. The molecule has 0 unspecified atom stereocenters. The van der Waals surface area contributed by atoms with Crippen molar-refractivity contribution in [2.45, 2.75) is 32.5 Å². The van der Waals surface area contributed by atoms with E-state index in [9.17, 15) is 18.0 Å². The summed E-state index contributed by atoms with van der Waals surface area (Å²) in [6, 6.07) is 7.65. The molecule has 3 rings (SSSR count). The molecule has 0 saturated carbocycles. The first-order valence-electron chi connectivity index (χ1n) is 8.95. The van der Waals surface area contributed by atoms with Crippen LogP contribution in [0.5, 0.6) is 0 Å². The number of aromatic nitrogens is 4. The van der Waals surface area contributed by atoms with E-state index < -0.39 is 11.7 Å². The van der Waals surface area contributed by atoms with E-state index >= 15 is 0 Å². The Balaban J connectivity index is 1.91. The van der Waals surface area contributed by atoms with Crippen LogP contribution in [0.25, 0.3) is 5.82 Å². The molecule has 1 amide bonds. The van der Waals surface area contributed by atoms with Crippen molar-refractivity contribution in [3.63, 3.8) is 0 Å². The van der Waals surface area contributed by atoms with Crippen LogP contribution in [0.3, 0.4) is 0 Å². The van der Waals surface area contributed by atoms with Crippen LogP contribution in [0.1, 0.15) is 47.1 Å². The molecule has 6 nitrogen and oxygen atoms in total. The van der Waals surface area contributed by atoms with Gasteiger partial charge in [0.05, 0.1) is 35.3 Å². The van der Waals surface area contributed by atoms with Gasteiger partial charge in [0, 0.05) is 19.4 Å². The number of halogens is 3. The second-order valence-electron chi connectivity index (χ2n) is 6.90.